The van der Waals surface area contributed by atoms with Gasteiger partial charge in [-0.1, -0.05) is 30.0 Å². The van der Waals surface area contributed by atoms with Gasteiger partial charge in [-0.15, -0.1) is 0 Å². The molecule has 1 heterocycles. The zero-order valence-electron chi connectivity index (χ0n) is 14.1. The van der Waals surface area contributed by atoms with Gasteiger partial charge in [0.15, 0.2) is 5.16 Å². The van der Waals surface area contributed by atoms with E-state index in [1.165, 1.54) is 11.8 Å². The molecule has 0 spiro atoms. The Morgan fingerprint density at radius 1 is 1.24 bits per heavy atom. The Morgan fingerprint density at radius 3 is 2.56 bits per heavy atom. The maximum absolute atomic E-state index is 12.4. The number of thioether (sulfide) groups is 1. The summed E-state index contributed by atoms with van der Waals surface area (Å²) in [6, 6.07) is 12.1. The van der Waals surface area contributed by atoms with Crippen molar-refractivity contribution in [3.05, 3.63) is 42.2 Å². The van der Waals surface area contributed by atoms with Gasteiger partial charge in [-0.25, -0.2) is 4.98 Å². The first-order valence-corrected chi connectivity index (χ1v) is 8.89. The number of amides is 1. The predicted molar refractivity (Wildman–Crippen MR) is 96.1 cm³/mol. The molecule has 25 heavy (non-hydrogen) atoms. The number of benzene rings is 1. The Balaban J connectivity index is 2.05. The fourth-order valence-electron chi connectivity index (χ4n) is 2.36. The van der Waals surface area contributed by atoms with Crippen LogP contribution in [-0.2, 0) is 4.79 Å². The number of nitriles is 2. The highest BCUT2D eigenvalue weighted by atomic mass is 32.2. The quantitative estimate of drug-likeness (QED) is 0.681. The number of rotatable bonds is 8. The summed E-state index contributed by atoms with van der Waals surface area (Å²) < 4.78 is 1.96. The summed E-state index contributed by atoms with van der Waals surface area (Å²) in [5.74, 6) is 0.134. The van der Waals surface area contributed by atoms with E-state index in [9.17, 15) is 4.79 Å². The first-order valence-electron chi connectivity index (χ1n) is 7.91. The maximum atomic E-state index is 12.4. The van der Waals surface area contributed by atoms with E-state index in [2.05, 4.69) is 4.98 Å². The van der Waals surface area contributed by atoms with Crippen LogP contribution in [0.5, 0.6) is 0 Å². The second-order valence-corrected chi connectivity index (χ2v) is 6.29. The van der Waals surface area contributed by atoms with E-state index in [0.717, 1.165) is 16.4 Å². The summed E-state index contributed by atoms with van der Waals surface area (Å²) in [5.41, 5.74) is 2.15. The van der Waals surface area contributed by atoms with Crippen LogP contribution in [0.25, 0.3) is 5.69 Å². The number of aryl methyl sites for hydroxylation is 1. The Hall–Kier alpha value is -2.77. The molecule has 7 heteroatoms. The molecule has 2 rings (SSSR count). The van der Waals surface area contributed by atoms with Crippen LogP contribution in [0.1, 0.15) is 18.4 Å². The number of imidazole rings is 1. The highest BCUT2D eigenvalue weighted by Gasteiger charge is 2.15. The Morgan fingerprint density at radius 2 is 1.92 bits per heavy atom. The van der Waals surface area contributed by atoms with Crippen molar-refractivity contribution in [1.82, 2.24) is 14.5 Å². The van der Waals surface area contributed by atoms with Gasteiger partial charge in [-0.2, -0.15) is 10.5 Å². The molecule has 0 saturated heterocycles. The molecular formula is C18H19N5OS. The molecule has 128 valence electrons. The van der Waals surface area contributed by atoms with E-state index in [1.807, 2.05) is 54.1 Å². The maximum Gasteiger partial charge on any atom is 0.233 e. The third-order valence-corrected chi connectivity index (χ3v) is 4.60. The summed E-state index contributed by atoms with van der Waals surface area (Å²) in [6.07, 6.45) is 4.11. The number of hydrogen-bond acceptors (Lipinski definition) is 5. The number of aromatic nitrogens is 2. The minimum absolute atomic E-state index is 0.0881. The van der Waals surface area contributed by atoms with E-state index >= 15 is 0 Å². The number of para-hydroxylation sites is 1. The van der Waals surface area contributed by atoms with Crippen LogP contribution in [0.15, 0.2) is 41.8 Å². The molecule has 0 aliphatic carbocycles. The average molecular weight is 353 g/mol. The van der Waals surface area contributed by atoms with Crippen molar-refractivity contribution < 1.29 is 4.79 Å². The Kier molecular flexibility index (Phi) is 7.06. The third-order valence-electron chi connectivity index (χ3n) is 3.65. The molecule has 0 aliphatic rings. The van der Waals surface area contributed by atoms with Crippen molar-refractivity contribution in [2.45, 2.75) is 24.9 Å². The molecular weight excluding hydrogens is 334 g/mol. The molecule has 1 aromatic heterocycles. The summed E-state index contributed by atoms with van der Waals surface area (Å²) >= 11 is 1.36. The SMILES string of the molecule is Cc1ccccc1-n1ccnc1SCC(=O)N(CCC#N)CCC#N. The minimum Gasteiger partial charge on any atom is -0.340 e. The van der Waals surface area contributed by atoms with Crippen LogP contribution >= 0.6 is 11.8 Å². The molecule has 0 radical (unpaired) electrons. The van der Waals surface area contributed by atoms with E-state index in [1.54, 1.807) is 11.1 Å². The summed E-state index contributed by atoms with van der Waals surface area (Å²) in [7, 11) is 0. The number of carbonyl (C=O) groups excluding carboxylic acids is 1. The lowest BCUT2D eigenvalue weighted by Gasteiger charge is -2.20. The highest BCUT2D eigenvalue weighted by molar-refractivity contribution is 7.99. The van der Waals surface area contributed by atoms with Crippen LogP contribution in [-0.4, -0.2) is 39.2 Å². The summed E-state index contributed by atoms with van der Waals surface area (Å²) in [5, 5.41) is 18.2. The molecule has 6 nitrogen and oxygen atoms in total. The zero-order valence-corrected chi connectivity index (χ0v) is 14.9. The molecule has 0 saturated carbocycles. The lowest BCUT2D eigenvalue weighted by Crippen LogP contribution is -2.34. The van der Waals surface area contributed by atoms with Gasteiger partial charge in [0.25, 0.3) is 0 Å². The van der Waals surface area contributed by atoms with Gasteiger partial charge in [0, 0.05) is 25.5 Å². The smallest absolute Gasteiger partial charge is 0.233 e. The summed E-state index contributed by atoms with van der Waals surface area (Å²) in [6.45, 7) is 2.73. The Labute approximate surface area is 151 Å². The van der Waals surface area contributed by atoms with Gasteiger partial charge in [-0.05, 0) is 18.6 Å². The van der Waals surface area contributed by atoms with Crippen molar-refractivity contribution in [3.63, 3.8) is 0 Å². The molecule has 0 unspecified atom stereocenters. The summed E-state index contributed by atoms with van der Waals surface area (Å²) in [4.78, 5) is 18.3. The normalized spacial score (nSPS) is 10.0. The van der Waals surface area contributed by atoms with Gasteiger partial charge in [-0.3, -0.25) is 9.36 Å². The lowest BCUT2D eigenvalue weighted by atomic mass is 10.2. The molecule has 2 aromatic rings. The topological polar surface area (TPSA) is 85.7 Å². The molecule has 1 aromatic carbocycles. The standard InChI is InChI=1S/C18H19N5OS/c1-15-6-2-3-7-16(15)23-13-10-21-18(23)25-14-17(24)22(11-4-8-19)12-5-9-20/h2-3,6-7,10,13H,4-5,11-12,14H2,1H3. The van der Waals surface area contributed by atoms with Crippen molar-refractivity contribution in [1.29, 1.82) is 10.5 Å². The molecule has 0 fully saturated rings. The van der Waals surface area contributed by atoms with Crippen molar-refractivity contribution in [2.24, 2.45) is 0 Å². The van der Waals surface area contributed by atoms with E-state index < -0.39 is 0 Å². The predicted octanol–water partition coefficient (Wildman–Crippen LogP) is 2.93. The van der Waals surface area contributed by atoms with Crippen molar-refractivity contribution in [3.8, 4) is 17.8 Å². The molecule has 1 amide bonds. The van der Waals surface area contributed by atoms with Gasteiger partial charge < -0.3 is 4.90 Å². The minimum atomic E-state index is -0.0881. The number of nitrogens with zero attached hydrogens (tertiary/aromatic N) is 5. The van der Waals surface area contributed by atoms with E-state index in [-0.39, 0.29) is 24.5 Å². The van der Waals surface area contributed by atoms with Crippen LogP contribution in [0, 0.1) is 29.6 Å². The molecule has 0 atom stereocenters. The van der Waals surface area contributed by atoms with Gasteiger partial charge in [0.1, 0.15) is 0 Å². The first-order chi connectivity index (χ1) is 12.2. The van der Waals surface area contributed by atoms with E-state index in [4.69, 9.17) is 10.5 Å². The van der Waals surface area contributed by atoms with Gasteiger partial charge >= 0.3 is 0 Å². The van der Waals surface area contributed by atoms with E-state index in [0.29, 0.717) is 13.1 Å². The van der Waals surface area contributed by atoms with Crippen molar-refractivity contribution in [2.75, 3.05) is 18.8 Å². The monoisotopic (exact) mass is 353 g/mol. The second-order valence-electron chi connectivity index (χ2n) is 5.35. The lowest BCUT2D eigenvalue weighted by molar-refractivity contribution is -0.128. The average Bonchev–Trinajstić information content (AvgIpc) is 3.08. The fraction of sp³-hybridized carbons (Fsp3) is 0.333. The molecule has 0 aliphatic heterocycles. The van der Waals surface area contributed by atoms with Crippen LogP contribution in [0.4, 0.5) is 0 Å². The Bertz CT molecular complexity index is 784. The van der Waals surface area contributed by atoms with Gasteiger partial charge in [0.2, 0.25) is 5.91 Å². The van der Waals surface area contributed by atoms with Crippen LogP contribution in [0.3, 0.4) is 0 Å². The second kappa shape index (κ2) is 9.51. The first kappa shape index (κ1) is 18.6. The zero-order chi connectivity index (χ0) is 18.1. The highest BCUT2D eigenvalue weighted by Crippen LogP contribution is 2.22. The van der Waals surface area contributed by atoms with Crippen LogP contribution in [0.2, 0.25) is 0 Å². The largest absolute Gasteiger partial charge is 0.340 e. The molecule has 0 N–H and O–H groups in total. The third kappa shape index (κ3) is 5.10. The van der Waals surface area contributed by atoms with Gasteiger partial charge in [0.05, 0.1) is 36.4 Å². The number of hydrogen-bond donors (Lipinski definition) is 0. The molecule has 0 bridgehead atoms. The number of carbonyl (C=O) groups is 1. The van der Waals surface area contributed by atoms with Crippen LogP contribution < -0.4 is 0 Å². The fourth-order valence-corrected chi connectivity index (χ4v) is 3.23. The van der Waals surface area contributed by atoms with Crippen molar-refractivity contribution >= 4 is 17.7 Å².